The average Bonchev–Trinajstić information content (AvgIpc) is 2.96. The van der Waals surface area contributed by atoms with Gasteiger partial charge in [0.05, 0.1) is 17.7 Å². The van der Waals surface area contributed by atoms with Gasteiger partial charge in [-0.1, -0.05) is 30.0 Å². The van der Waals surface area contributed by atoms with Crippen LogP contribution in [0.25, 0.3) is 10.6 Å². The fraction of sp³-hybridized carbons (Fsp3) is 0.538. The largest absolute Gasteiger partial charge is 0.481 e. The van der Waals surface area contributed by atoms with Crippen LogP contribution in [0.2, 0.25) is 0 Å². The molecule has 0 aliphatic carbocycles. The first-order valence-corrected chi connectivity index (χ1v) is 8.55. The van der Waals surface area contributed by atoms with Crippen molar-refractivity contribution in [3.63, 3.8) is 0 Å². The van der Waals surface area contributed by atoms with Crippen molar-refractivity contribution in [2.75, 3.05) is 5.75 Å². The van der Waals surface area contributed by atoms with Gasteiger partial charge in [0.15, 0.2) is 9.35 Å². The lowest BCUT2D eigenvalue weighted by Crippen LogP contribution is -2.01. The zero-order chi connectivity index (χ0) is 15.4. The Kier molecular flexibility index (Phi) is 5.35. The highest BCUT2D eigenvalue weighted by Gasteiger charge is 2.17. The van der Waals surface area contributed by atoms with Crippen molar-refractivity contribution in [3.8, 4) is 10.6 Å². The molecule has 2 rings (SSSR count). The Balaban J connectivity index is 2.16. The van der Waals surface area contributed by atoms with Crippen LogP contribution in [-0.2, 0) is 11.3 Å². The second-order valence-electron chi connectivity index (χ2n) is 4.63. The maximum atomic E-state index is 10.5. The van der Waals surface area contributed by atoms with Crippen molar-refractivity contribution in [1.29, 1.82) is 0 Å². The van der Waals surface area contributed by atoms with E-state index in [4.69, 9.17) is 5.11 Å². The average molecular weight is 326 g/mol. The predicted octanol–water partition coefficient (Wildman–Crippen LogP) is 3.00. The first-order valence-electron chi connectivity index (χ1n) is 6.75. The number of aromatic nitrogens is 4. The van der Waals surface area contributed by atoms with Gasteiger partial charge in [-0.2, -0.15) is 5.10 Å². The highest BCUT2D eigenvalue weighted by atomic mass is 32.2. The number of aryl methyl sites for hydroxylation is 2. The molecular weight excluding hydrogens is 308 g/mol. The number of carboxylic acid groups (broad SMARTS) is 1. The van der Waals surface area contributed by atoms with Crippen molar-refractivity contribution in [3.05, 3.63) is 11.4 Å². The Labute approximate surface area is 131 Å². The molecule has 0 saturated heterocycles. The summed E-state index contributed by atoms with van der Waals surface area (Å²) in [4.78, 5) is 10.5. The molecule has 0 saturated carbocycles. The molecule has 0 bridgehead atoms. The molecule has 0 atom stereocenters. The van der Waals surface area contributed by atoms with Crippen molar-refractivity contribution in [2.45, 2.75) is 44.5 Å². The maximum Gasteiger partial charge on any atom is 0.304 e. The number of carboxylic acids is 1. The van der Waals surface area contributed by atoms with Crippen LogP contribution in [0.5, 0.6) is 0 Å². The van der Waals surface area contributed by atoms with Crippen molar-refractivity contribution in [1.82, 2.24) is 20.0 Å². The van der Waals surface area contributed by atoms with Gasteiger partial charge < -0.3 is 5.11 Å². The minimum Gasteiger partial charge on any atom is -0.481 e. The molecule has 114 valence electrons. The summed E-state index contributed by atoms with van der Waals surface area (Å²) < 4.78 is 2.80. The number of hydrogen-bond acceptors (Lipinski definition) is 6. The molecule has 0 spiro atoms. The Morgan fingerprint density at radius 1 is 1.38 bits per heavy atom. The predicted molar refractivity (Wildman–Crippen MR) is 83.9 cm³/mol. The van der Waals surface area contributed by atoms with E-state index in [2.05, 4.69) is 22.2 Å². The number of aliphatic carboxylic acids is 1. The van der Waals surface area contributed by atoms with Crippen LogP contribution in [0.15, 0.2) is 4.34 Å². The number of hydrogen-bond donors (Lipinski definition) is 1. The second-order valence-corrected chi connectivity index (χ2v) is 6.95. The summed E-state index contributed by atoms with van der Waals surface area (Å²) in [6, 6.07) is 0. The van der Waals surface area contributed by atoms with Gasteiger partial charge in [0.25, 0.3) is 0 Å². The van der Waals surface area contributed by atoms with Gasteiger partial charge in [-0.25, -0.2) is 0 Å². The van der Waals surface area contributed by atoms with Gasteiger partial charge in [-0.15, -0.1) is 10.2 Å². The molecule has 2 aromatic rings. The first kappa shape index (κ1) is 16.0. The minimum atomic E-state index is -0.792. The van der Waals surface area contributed by atoms with Crippen LogP contribution in [0, 0.1) is 13.8 Å². The van der Waals surface area contributed by atoms with E-state index in [1.54, 1.807) is 0 Å². The highest BCUT2D eigenvalue weighted by Crippen LogP contribution is 2.33. The molecule has 6 nitrogen and oxygen atoms in total. The molecule has 0 aliphatic heterocycles. The molecular formula is C13H18N4O2S2. The van der Waals surface area contributed by atoms with E-state index in [-0.39, 0.29) is 6.42 Å². The Bertz CT molecular complexity index is 636. The third-order valence-electron chi connectivity index (χ3n) is 2.98. The molecule has 0 fully saturated rings. The lowest BCUT2D eigenvalue weighted by Gasteiger charge is -2.01. The first-order chi connectivity index (χ1) is 10.0. The van der Waals surface area contributed by atoms with Crippen LogP contribution >= 0.6 is 23.1 Å². The molecule has 0 aliphatic rings. The molecule has 21 heavy (non-hydrogen) atoms. The number of rotatable bonds is 7. The van der Waals surface area contributed by atoms with Crippen molar-refractivity contribution in [2.24, 2.45) is 0 Å². The van der Waals surface area contributed by atoms with Gasteiger partial charge in [-0.05, 0) is 20.3 Å². The van der Waals surface area contributed by atoms with E-state index in [1.165, 1.54) is 23.1 Å². The zero-order valence-electron chi connectivity index (χ0n) is 12.3. The zero-order valence-corrected chi connectivity index (χ0v) is 13.9. The lowest BCUT2D eigenvalue weighted by atomic mass is 10.2. The van der Waals surface area contributed by atoms with Crippen molar-refractivity contribution < 1.29 is 9.90 Å². The number of nitrogens with zero attached hydrogens (tertiary/aromatic N) is 4. The van der Waals surface area contributed by atoms with Gasteiger partial charge in [-0.3, -0.25) is 9.48 Å². The topological polar surface area (TPSA) is 80.9 Å². The molecule has 8 heteroatoms. The Morgan fingerprint density at radius 2 is 2.14 bits per heavy atom. The van der Waals surface area contributed by atoms with Crippen LogP contribution in [0.1, 0.15) is 31.2 Å². The van der Waals surface area contributed by atoms with Gasteiger partial charge in [0.2, 0.25) is 0 Å². The molecule has 2 heterocycles. The van der Waals surface area contributed by atoms with E-state index in [9.17, 15) is 4.79 Å². The summed E-state index contributed by atoms with van der Waals surface area (Å²) in [5.41, 5.74) is 3.11. The summed E-state index contributed by atoms with van der Waals surface area (Å²) in [5, 5.41) is 22.4. The molecule has 0 aromatic carbocycles. The highest BCUT2D eigenvalue weighted by molar-refractivity contribution is 8.01. The van der Waals surface area contributed by atoms with E-state index in [0.29, 0.717) is 5.75 Å². The normalized spacial score (nSPS) is 11.0. The van der Waals surface area contributed by atoms with Crippen LogP contribution in [-0.4, -0.2) is 36.8 Å². The lowest BCUT2D eigenvalue weighted by molar-refractivity contribution is -0.136. The SMILES string of the molecule is CCCn1nc(C)c(-c2nnc(SCCC(=O)O)s2)c1C. The fourth-order valence-electron chi connectivity index (χ4n) is 2.03. The van der Waals surface area contributed by atoms with E-state index in [0.717, 1.165) is 39.3 Å². The molecule has 0 radical (unpaired) electrons. The van der Waals surface area contributed by atoms with Crippen molar-refractivity contribution >= 4 is 29.1 Å². The number of thioether (sulfide) groups is 1. The fourth-order valence-corrected chi connectivity index (χ4v) is 4.03. The smallest absolute Gasteiger partial charge is 0.304 e. The number of carbonyl (C=O) groups is 1. The summed E-state index contributed by atoms with van der Waals surface area (Å²) in [6.07, 6.45) is 1.17. The molecule has 0 amide bonds. The summed E-state index contributed by atoms with van der Waals surface area (Å²) >= 11 is 2.92. The minimum absolute atomic E-state index is 0.131. The summed E-state index contributed by atoms with van der Waals surface area (Å²) in [5.74, 6) is -0.281. The Morgan fingerprint density at radius 3 is 2.81 bits per heavy atom. The molecule has 2 aromatic heterocycles. The molecule has 0 unspecified atom stereocenters. The third-order valence-corrected chi connectivity index (χ3v) is 5.05. The Hall–Kier alpha value is -1.41. The van der Waals surface area contributed by atoms with Gasteiger partial charge in [0.1, 0.15) is 0 Å². The van der Waals surface area contributed by atoms with Gasteiger partial charge >= 0.3 is 5.97 Å². The monoisotopic (exact) mass is 326 g/mol. The summed E-state index contributed by atoms with van der Waals surface area (Å²) in [6.45, 7) is 7.04. The third kappa shape index (κ3) is 3.82. The standard InChI is InChI=1S/C13H18N4O2S2/c1-4-6-17-9(3)11(8(2)16-17)12-14-15-13(21-12)20-7-5-10(18)19/h4-7H2,1-3H3,(H,18,19). The maximum absolute atomic E-state index is 10.5. The quantitative estimate of drug-likeness (QED) is 0.788. The van der Waals surface area contributed by atoms with E-state index >= 15 is 0 Å². The van der Waals surface area contributed by atoms with Crippen LogP contribution in [0.3, 0.4) is 0 Å². The van der Waals surface area contributed by atoms with E-state index in [1.807, 2.05) is 18.5 Å². The molecule has 1 N–H and O–H groups in total. The second kappa shape index (κ2) is 7.04. The van der Waals surface area contributed by atoms with Crippen LogP contribution < -0.4 is 0 Å². The van der Waals surface area contributed by atoms with E-state index < -0.39 is 5.97 Å². The van der Waals surface area contributed by atoms with Gasteiger partial charge in [0, 0.05) is 18.0 Å². The van der Waals surface area contributed by atoms with Crippen LogP contribution in [0.4, 0.5) is 0 Å². The summed E-state index contributed by atoms with van der Waals surface area (Å²) in [7, 11) is 0.